The largest absolute Gasteiger partial charge is 0.460 e. The van der Waals surface area contributed by atoms with Crippen LogP contribution in [-0.4, -0.2) is 35.8 Å². The molecule has 1 radical (unpaired) electrons. The van der Waals surface area contributed by atoms with E-state index in [1.165, 1.54) is 0 Å². The highest BCUT2D eigenvalue weighted by atomic mass is 19.4. The Morgan fingerprint density at radius 2 is 0.692 bits per heavy atom. The van der Waals surface area contributed by atoms with Crippen LogP contribution in [0.15, 0.2) is 11.7 Å². The molecule has 0 saturated heterocycles. The fraction of sp³-hybridized carbons (Fsp3) is 0.667. The molecule has 0 saturated carbocycles. The van der Waals surface area contributed by atoms with E-state index in [2.05, 4.69) is 0 Å². The van der Waals surface area contributed by atoms with E-state index in [1.807, 2.05) is 0 Å². The minimum absolute atomic E-state index is 4.75. The third-order valence-corrected chi connectivity index (χ3v) is 2.52. The van der Waals surface area contributed by atoms with Gasteiger partial charge in [0.15, 0.2) is 0 Å². The van der Waals surface area contributed by atoms with Gasteiger partial charge in [-0.15, -0.1) is 0 Å². The predicted octanol–water partition coefficient (Wildman–Crippen LogP) is 6.30. The minimum atomic E-state index is -8.02. The lowest BCUT2D eigenvalue weighted by Crippen LogP contribution is -2.61. The molecule has 0 amide bonds. The predicted molar refractivity (Wildman–Crippen MR) is 45.5 cm³/mol. The Labute approximate surface area is 130 Å². The van der Waals surface area contributed by atoms with E-state index in [0.717, 1.165) is 0 Å². The van der Waals surface area contributed by atoms with Crippen molar-refractivity contribution in [3.05, 3.63) is 18.1 Å². The molecule has 0 spiro atoms. The molecule has 0 aromatic carbocycles. The third kappa shape index (κ3) is 3.27. The monoisotopic (exact) mass is 431 g/mol. The Hall–Kier alpha value is -1.45. The number of hydrogen-bond donors (Lipinski definition) is 0. The lowest BCUT2D eigenvalue weighted by atomic mass is 10.00. The highest BCUT2D eigenvalue weighted by Gasteiger charge is 2.84. The van der Waals surface area contributed by atoms with Gasteiger partial charge >= 0.3 is 42.2 Å². The van der Waals surface area contributed by atoms with Crippen molar-refractivity contribution < 1.29 is 74.6 Å². The maximum Gasteiger partial charge on any atom is 0.460 e. The summed E-state index contributed by atoms with van der Waals surface area (Å²) >= 11 is 0. The molecule has 0 rings (SSSR count). The van der Waals surface area contributed by atoms with Gasteiger partial charge in [0.2, 0.25) is 11.7 Å². The first-order valence-corrected chi connectivity index (χ1v) is 5.21. The van der Waals surface area contributed by atoms with Gasteiger partial charge in [0.25, 0.3) is 0 Å². The molecule has 0 aliphatic heterocycles. The lowest BCUT2D eigenvalue weighted by Gasteiger charge is -2.33. The Morgan fingerprint density at radius 3 is 0.962 bits per heavy atom. The zero-order chi connectivity index (χ0) is 21.7. The summed E-state index contributed by atoms with van der Waals surface area (Å²) in [4.78, 5) is 0. The fourth-order valence-corrected chi connectivity index (χ4v) is 1.05. The molecule has 0 aliphatic carbocycles. The quantitative estimate of drug-likeness (QED) is 0.433. The molecule has 0 aromatic rings. The van der Waals surface area contributed by atoms with Crippen molar-refractivity contribution in [3.63, 3.8) is 0 Å². The lowest BCUT2D eigenvalue weighted by molar-refractivity contribution is -0.392. The maximum absolute atomic E-state index is 12.8. The molecule has 17 heteroatoms. The van der Waals surface area contributed by atoms with E-state index in [-0.39, 0.29) is 0 Å². The van der Waals surface area contributed by atoms with Crippen molar-refractivity contribution in [3.8, 4) is 0 Å². The van der Waals surface area contributed by atoms with Crippen LogP contribution in [0, 0.1) is 6.43 Å². The molecule has 0 N–H and O–H groups in total. The first-order valence-electron chi connectivity index (χ1n) is 5.21. The van der Waals surface area contributed by atoms with Crippen LogP contribution in [0.1, 0.15) is 0 Å². The van der Waals surface area contributed by atoms with Crippen LogP contribution in [0.4, 0.5) is 74.6 Å². The minimum Gasteiger partial charge on any atom is -0.202 e. The topological polar surface area (TPSA) is 0 Å². The SMILES string of the molecule is F[C](F)C(F)(F)C(F)(F)C(F)=C(F)C(F)(F)C(F)(F)C(F)(F)C(F)(F)F. The second kappa shape index (κ2) is 6.31. The van der Waals surface area contributed by atoms with Gasteiger partial charge < -0.3 is 0 Å². The van der Waals surface area contributed by atoms with Crippen LogP contribution in [0.5, 0.6) is 0 Å². The van der Waals surface area contributed by atoms with Crippen molar-refractivity contribution in [1.82, 2.24) is 0 Å². The summed E-state index contributed by atoms with van der Waals surface area (Å²) in [6.07, 6.45) is -12.3. The molecule has 0 heterocycles. The molecule has 0 aromatic heterocycles. The number of halogens is 17. The van der Waals surface area contributed by atoms with Crippen molar-refractivity contribution in [2.75, 3.05) is 0 Å². The molecular formula is C9F17. The van der Waals surface area contributed by atoms with Gasteiger partial charge in [-0.3, -0.25) is 0 Å². The number of rotatable bonds is 6. The van der Waals surface area contributed by atoms with Crippen LogP contribution in [0.2, 0.25) is 0 Å². The van der Waals surface area contributed by atoms with Gasteiger partial charge in [-0.1, -0.05) is 0 Å². The molecule has 26 heavy (non-hydrogen) atoms. The van der Waals surface area contributed by atoms with E-state index in [1.54, 1.807) is 0 Å². The molecule has 0 bridgehead atoms. The van der Waals surface area contributed by atoms with Crippen LogP contribution in [-0.2, 0) is 0 Å². The van der Waals surface area contributed by atoms with Gasteiger partial charge in [-0.05, 0) is 0 Å². The van der Waals surface area contributed by atoms with Gasteiger partial charge in [0.05, 0.1) is 0 Å². The fourth-order valence-electron chi connectivity index (χ4n) is 1.05. The van der Waals surface area contributed by atoms with Crippen LogP contribution in [0.25, 0.3) is 0 Å². The average Bonchev–Trinajstić information content (AvgIpc) is 2.43. The molecule has 155 valence electrons. The second-order valence-corrected chi connectivity index (χ2v) is 4.26. The van der Waals surface area contributed by atoms with E-state index in [9.17, 15) is 74.6 Å². The summed E-state index contributed by atoms with van der Waals surface area (Å²) in [6, 6.07) is 0. The second-order valence-electron chi connectivity index (χ2n) is 4.26. The Morgan fingerprint density at radius 1 is 0.385 bits per heavy atom. The van der Waals surface area contributed by atoms with Crippen molar-refractivity contribution in [2.45, 2.75) is 35.8 Å². The maximum atomic E-state index is 12.8. The summed E-state index contributed by atoms with van der Waals surface area (Å²) in [5, 5.41) is 0. The summed E-state index contributed by atoms with van der Waals surface area (Å²) in [6.45, 7) is 0. The summed E-state index contributed by atoms with van der Waals surface area (Å²) < 4.78 is 209. The smallest absolute Gasteiger partial charge is 0.202 e. The standard InChI is InChI=1S/C9F17/c10-1(4(14,15)6(18,19)3(12)13)2(11)5(16,17)7(20,21)8(22,23)9(24,25)26. The Balaban J connectivity index is 6.51. The zero-order valence-corrected chi connectivity index (χ0v) is 10.9. The van der Waals surface area contributed by atoms with Crippen molar-refractivity contribution in [1.29, 1.82) is 0 Å². The molecular weight excluding hydrogens is 431 g/mol. The summed E-state index contributed by atoms with van der Waals surface area (Å²) in [5.41, 5.74) is 0. The van der Waals surface area contributed by atoms with E-state index in [4.69, 9.17) is 0 Å². The van der Waals surface area contributed by atoms with Gasteiger partial charge in [0.1, 0.15) is 0 Å². The normalized spacial score (nSPS) is 16.8. The van der Waals surface area contributed by atoms with Gasteiger partial charge in [-0.25, -0.2) is 8.78 Å². The Bertz CT molecular complexity index is 549. The summed E-state index contributed by atoms with van der Waals surface area (Å²) in [7, 11) is 0. The summed E-state index contributed by atoms with van der Waals surface area (Å²) in [5.74, 6) is -48.5. The zero-order valence-electron chi connectivity index (χ0n) is 10.9. The number of allylic oxidation sites excluding steroid dienone is 2. The molecule has 0 atom stereocenters. The van der Waals surface area contributed by atoms with Gasteiger partial charge in [0, 0.05) is 0 Å². The highest BCUT2D eigenvalue weighted by molar-refractivity contribution is 5.25. The van der Waals surface area contributed by atoms with Crippen LogP contribution < -0.4 is 0 Å². The van der Waals surface area contributed by atoms with Gasteiger partial charge in [-0.2, -0.15) is 65.9 Å². The van der Waals surface area contributed by atoms with Crippen molar-refractivity contribution >= 4 is 0 Å². The van der Waals surface area contributed by atoms with E-state index >= 15 is 0 Å². The number of alkyl halides is 13. The van der Waals surface area contributed by atoms with E-state index in [0.29, 0.717) is 0 Å². The van der Waals surface area contributed by atoms with E-state index < -0.39 is 53.9 Å². The van der Waals surface area contributed by atoms with Crippen LogP contribution >= 0.6 is 0 Å². The third-order valence-electron chi connectivity index (χ3n) is 2.52. The highest BCUT2D eigenvalue weighted by Crippen LogP contribution is 2.57. The molecule has 0 nitrogen and oxygen atoms in total. The number of hydrogen-bond acceptors (Lipinski definition) is 0. The van der Waals surface area contributed by atoms with Crippen molar-refractivity contribution in [2.24, 2.45) is 0 Å². The van der Waals surface area contributed by atoms with Crippen LogP contribution in [0.3, 0.4) is 0 Å². The first kappa shape index (κ1) is 24.6. The first-order chi connectivity index (χ1) is 11.0. The molecule has 0 fully saturated rings. The molecule has 0 aliphatic rings. The molecule has 0 unspecified atom stereocenters. The average molecular weight is 431 g/mol. The Kier molecular flexibility index (Phi) is 5.96.